The number of carbonyl (C=O) groups excluding carboxylic acids is 2. The lowest BCUT2D eigenvalue weighted by Crippen LogP contribution is -2.33. The van der Waals surface area contributed by atoms with Crippen molar-refractivity contribution in [3.63, 3.8) is 0 Å². The number of para-hydroxylation sites is 1. The first kappa shape index (κ1) is 32.6. The molecule has 0 unspecified atom stereocenters. The monoisotopic (exact) mass is 642 g/mol. The fourth-order valence-corrected chi connectivity index (χ4v) is 8.16. The fourth-order valence-electron chi connectivity index (χ4n) is 6.23. The van der Waals surface area contributed by atoms with E-state index >= 15 is 0 Å². The zero-order chi connectivity index (χ0) is 32.0. The maximum absolute atomic E-state index is 12.1. The molecule has 4 aromatic rings. The average Bonchev–Trinajstić information content (AvgIpc) is 3.73. The number of benzene rings is 2. The molecule has 0 saturated heterocycles. The van der Waals surface area contributed by atoms with Crippen LogP contribution in [0.5, 0.6) is 0 Å². The van der Waals surface area contributed by atoms with Crippen molar-refractivity contribution >= 4 is 56.6 Å². The smallest absolute Gasteiger partial charge is 0.305 e. The molecule has 45 heavy (non-hydrogen) atoms. The van der Waals surface area contributed by atoms with Crippen molar-refractivity contribution in [3.8, 4) is 10.4 Å². The van der Waals surface area contributed by atoms with Crippen LogP contribution in [0.3, 0.4) is 0 Å². The van der Waals surface area contributed by atoms with E-state index in [0.29, 0.717) is 19.3 Å². The average molecular weight is 643 g/mol. The normalized spacial score (nSPS) is 15.2. The number of allylic oxidation sites excluding steroid dienone is 3. The Morgan fingerprint density at radius 1 is 1.00 bits per heavy atom. The Kier molecular flexibility index (Phi) is 10.6. The van der Waals surface area contributed by atoms with Crippen molar-refractivity contribution < 1.29 is 24.0 Å². The highest BCUT2D eigenvalue weighted by molar-refractivity contribution is 7.18. The lowest BCUT2D eigenvalue weighted by atomic mass is 9.82. The molecule has 0 aliphatic carbocycles. The summed E-state index contributed by atoms with van der Waals surface area (Å²) in [5, 5.41) is 14.3. The van der Waals surface area contributed by atoms with Crippen LogP contribution in [0.15, 0.2) is 77.3 Å². The zero-order valence-corrected chi connectivity index (χ0v) is 28.3. The summed E-state index contributed by atoms with van der Waals surface area (Å²) in [6.45, 7) is 8.42. The summed E-state index contributed by atoms with van der Waals surface area (Å²) in [5.74, 6) is -1.18. The molecule has 0 radical (unpaired) electrons. The Morgan fingerprint density at radius 3 is 2.56 bits per heavy atom. The van der Waals surface area contributed by atoms with Gasteiger partial charge in [-0.25, -0.2) is 0 Å². The van der Waals surface area contributed by atoms with E-state index in [4.69, 9.17) is 4.74 Å². The predicted octanol–water partition coefficient (Wildman–Crippen LogP) is 7.66. The molecule has 0 fully saturated rings. The molecular weight excluding hydrogens is 601 g/mol. The Morgan fingerprint density at radius 2 is 1.82 bits per heavy atom. The minimum Gasteiger partial charge on any atom is -0.550 e. The Bertz CT molecular complexity index is 1720. The van der Waals surface area contributed by atoms with Crippen LogP contribution >= 0.6 is 22.7 Å². The number of carbonyl (C=O) groups is 2. The number of esters is 1. The molecule has 0 spiro atoms. The number of hydrogen-bond donors (Lipinski definition) is 0. The van der Waals surface area contributed by atoms with E-state index in [9.17, 15) is 14.7 Å². The van der Waals surface area contributed by atoms with E-state index < -0.39 is 5.97 Å². The third-order valence-corrected chi connectivity index (χ3v) is 10.6. The number of thiophene rings is 1. The van der Waals surface area contributed by atoms with Gasteiger partial charge < -0.3 is 19.5 Å². The molecule has 0 atom stereocenters. The fraction of sp³-hybridized carbons (Fsp3) is 0.378. The number of aliphatic carboxylic acids is 1. The molecule has 3 heterocycles. The summed E-state index contributed by atoms with van der Waals surface area (Å²) in [6.07, 6.45) is 8.84. The highest BCUT2D eigenvalue weighted by Gasteiger charge is 2.40. The lowest BCUT2D eigenvalue weighted by molar-refractivity contribution is -0.665. The molecule has 1 aliphatic heterocycles. The number of unbranched alkanes of at least 4 members (excludes halogenated alkanes) is 2. The number of carboxylic acids is 1. The third kappa shape index (κ3) is 7.39. The second-order valence-electron chi connectivity index (χ2n) is 12.0. The summed E-state index contributed by atoms with van der Waals surface area (Å²) in [6, 6.07) is 19.5. The molecule has 1 aliphatic rings. The molecule has 0 N–H and O–H groups in total. The number of aryl methyl sites for hydroxylation is 1. The number of anilines is 1. The van der Waals surface area contributed by atoms with E-state index in [-0.39, 0.29) is 17.8 Å². The number of hydrogen-bond acceptors (Lipinski definition) is 7. The molecule has 8 heteroatoms. The van der Waals surface area contributed by atoms with Crippen LogP contribution in [-0.4, -0.2) is 25.6 Å². The topological polar surface area (TPSA) is 73.5 Å². The molecule has 2 aromatic heterocycles. The highest BCUT2D eigenvalue weighted by atomic mass is 32.1. The summed E-state index contributed by atoms with van der Waals surface area (Å²) in [7, 11) is 1.44. The van der Waals surface area contributed by atoms with Gasteiger partial charge in [-0.2, -0.15) is 4.57 Å². The molecule has 0 amide bonds. The summed E-state index contributed by atoms with van der Waals surface area (Å²) in [5.41, 5.74) is 7.05. The largest absolute Gasteiger partial charge is 0.550 e. The van der Waals surface area contributed by atoms with Crippen LogP contribution in [0, 0.1) is 0 Å². The van der Waals surface area contributed by atoms with E-state index in [2.05, 4.69) is 102 Å². The number of carboxylic acid groups (broad SMARTS) is 1. The minimum atomic E-state index is -0.989. The van der Waals surface area contributed by atoms with Gasteiger partial charge in [0.15, 0.2) is 0 Å². The Hall–Kier alpha value is -3.75. The Labute approximate surface area is 274 Å². The van der Waals surface area contributed by atoms with Crippen molar-refractivity contribution in [1.29, 1.82) is 0 Å². The van der Waals surface area contributed by atoms with E-state index in [1.54, 1.807) is 22.7 Å². The van der Waals surface area contributed by atoms with Crippen LogP contribution in [0.4, 0.5) is 5.69 Å². The van der Waals surface area contributed by atoms with Crippen LogP contribution in [0.2, 0.25) is 0 Å². The zero-order valence-electron chi connectivity index (χ0n) is 26.6. The summed E-state index contributed by atoms with van der Waals surface area (Å²) < 4.78 is 8.56. The van der Waals surface area contributed by atoms with Gasteiger partial charge >= 0.3 is 5.97 Å². The van der Waals surface area contributed by atoms with Crippen molar-refractivity contribution in [1.82, 2.24) is 0 Å². The van der Waals surface area contributed by atoms with Gasteiger partial charge in [-0.3, -0.25) is 4.79 Å². The summed E-state index contributed by atoms with van der Waals surface area (Å²) >= 11 is 3.53. The number of rotatable bonds is 14. The van der Waals surface area contributed by atoms with Gasteiger partial charge in [0.2, 0.25) is 5.52 Å². The second-order valence-corrected chi connectivity index (χ2v) is 14.0. The van der Waals surface area contributed by atoms with Crippen LogP contribution in [0.25, 0.3) is 26.7 Å². The van der Waals surface area contributed by atoms with Crippen molar-refractivity contribution in [2.45, 2.75) is 77.7 Å². The maximum Gasteiger partial charge on any atom is 0.305 e. The maximum atomic E-state index is 12.1. The van der Waals surface area contributed by atoms with Gasteiger partial charge in [-0.05, 0) is 91.4 Å². The van der Waals surface area contributed by atoms with Crippen molar-refractivity contribution in [2.75, 3.05) is 18.6 Å². The van der Waals surface area contributed by atoms with Crippen LogP contribution in [0.1, 0.15) is 76.3 Å². The van der Waals surface area contributed by atoms with Gasteiger partial charge in [0.05, 0.1) is 7.11 Å². The van der Waals surface area contributed by atoms with Crippen molar-refractivity contribution in [3.05, 3.63) is 87.9 Å². The van der Waals surface area contributed by atoms with Gasteiger partial charge in [0.1, 0.15) is 11.2 Å². The molecule has 0 saturated carbocycles. The first-order chi connectivity index (χ1) is 21.7. The minimum absolute atomic E-state index is 0.0919. The number of nitrogens with zero attached hydrogens (tertiary/aromatic N) is 2. The number of thiazole rings is 1. The summed E-state index contributed by atoms with van der Waals surface area (Å²) in [4.78, 5) is 26.7. The molecule has 0 bridgehead atoms. The highest BCUT2D eigenvalue weighted by Crippen LogP contribution is 2.50. The Balaban J connectivity index is 1.57. The predicted molar refractivity (Wildman–Crippen MR) is 183 cm³/mol. The van der Waals surface area contributed by atoms with Gasteiger partial charge in [0, 0.05) is 52.8 Å². The number of methoxy groups -OCH3 is 1. The van der Waals surface area contributed by atoms with Gasteiger partial charge in [0.25, 0.3) is 5.01 Å². The number of fused-ring (bicyclic) bond motifs is 2. The van der Waals surface area contributed by atoms with Crippen LogP contribution in [-0.2, 0) is 26.3 Å². The van der Waals surface area contributed by atoms with Crippen LogP contribution < -0.4 is 14.6 Å². The molecule has 2 aromatic carbocycles. The number of aromatic nitrogens is 1. The molecule has 236 valence electrons. The SMILES string of the molecule is CC[n+]1c(C=C(C=C2N(CCCCCC(=O)[O-])c3ccc(-c4cccs4)cc3C2(C)C)CCCC(=O)OC)sc2ccccc21. The standard InChI is InChI=1S/C37H42N2O4S2/c1-5-38-30-14-8-9-15-32(30)45-34(38)24-26(13-11-18-36(42)43-4)23-33-37(2,3)28-25-27(31-16-12-22-44-31)19-20-29(28)39(33)21-10-6-7-17-35(40)41/h8-9,12,14-16,19-20,22-25H,5-7,10-11,13,17-18,21H2,1-4H3. The molecule has 6 nitrogen and oxygen atoms in total. The molecular formula is C37H42N2O4S2. The number of ether oxygens (including phenoxy) is 1. The third-order valence-electron chi connectivity index (χ3n) is 8.62. The lowest BCUT2D eigenvalue weighted by Gasteiger charge is -2.28. The van der Waals surface area contributed by atoms with Gasteiger partial charge in [-0.15, -0.1) is 11.3 Å². The first-order valence-corrected chi connectivity index (χ1v) is 17.5. The van der Waals surface area contributed by atoms with Gasteiger partial charge in [-0.1, -0.05) is 55.9 Å². The second kappa shape index (κ2) is 14.6. The van der Waals surface area contributed by atoms with E-state index in [0.717, 1.165) is 32.4 Å². The van der Waals surface area contributed by atoms with E-state index in [1.807, 2.05) is 0 Å². The quantitative estimate of drug-likeness (QED) is 0.0803. The molecule has 5 rings (SSSR count). The first-order valence-electron chi connectivity index (χ1n) is 15.8. The van der Waals surface area contributed by atoms with Crippen molar-refractivity contribution in [2.24, 2.45) is 0 Å². The van der Waals surface area contributed by atoms with E-state index in [1.165, 1.54) is 55.3 Å².